The third-order valence-electron chi connectivity index (χ3n) is 3.87. The van der Waals surface area contributed by atoms with Gasteiger partial charge in [-0.05, 0) is 19.4 Å². The lowest BCUT2D eigenvalue weighted by Gasteiger charge is -2.25. The van der Waals surface area contributed by atoms with Gasteiger partial charge in [-0.25, -0.2) is 9.97 Å². The van der Waals surface area contributed by atoms with Gasteiger partial charge >= 0.3 is 0 Å². The van der Waals surface area contributed by atoms with Crippen LogP contribution < -0.4 is 5.32 Å². The van der Waals surface area contributed by atoms with Gasteiger partial charge in [0.1, 0.15) is 11.6 Å². The summed E-state index contributed by atoms with van der Waals surface area (Å²) in [4.78, 5) is 9.61. The van der Waals surface area contributed by atoms with E-state index in [1.165, 1.54) is 16.8 Å². The zero-order valence-corrected chi connectivity index (χ0v) is 12.9. The zero-order chi connectivity index (χ0) is 14.2. The Morgan fingerprint density at radius 1 is 1.10 bits per heavy atom. The molecule has 20 heavy (non-hydrogen) atoms. The van der Waals surface area contributed by atoms with E-state index in [0.29, 0.717) is 0 Å². The molecule has 1 aliphatic heterocycles. The van der Waals surface area contributed by atoms with E-state index in [4.69, 9.17) is 9.97 Å². The number of anilines is 1. The second-order valence-electron chi connectivity index (χ2n) is 5.55. The summed E-state index contributed by atoms with van der Waals surface area (Å²) in [5.41, 5.74) is 3.51. The van der Waals surface area contributed by atoms with Crippen LogP contribution in [0.25, 0.3) is 0 Å². The number of aromatic nitrogens is 2. The Balaban J connectivity index is 2.10. The fraction of sp³-hybridized carbons (Fsp3) is 0.375. The quantitative estimate of drug-likeness (QED) is 0.935. The number of benzene rings is 1. The summed E-state index contributed by atoms with van der Waals surface area (Å²) in [6.07, 6.45) is 0. The second-order valence-corrected chi connectivity index (χ2v) is 6.54. The molecule has 1 aromatic carbocycles. The summed E-state index contributed by atoms with van der Waals surface area (Å²) < 4.78 is 0. The highest BCUT2D eigenvalue weighted by atomic mass is 32.2. The smallest absolute Gasteiger partial charge is 0.141 e. The van der Waals surface area contributed by atoms with Crippen molar-refractivity contribution < 1.29 is 0 Å². The molecule has 2 heterocycles. The van der Waals surface area contributed by atoms with Gasteiger partial charge in [0, 0.05) is 29.5 Å². The number of hydrogen-bond donors (Lipinski definition) is 1. The normalized spacial score (nSPS) is 14.2. The molecule has 1 N–H and O–H groups in total. The Morgan fingerprint density at radius 3 is 2.55 bits per heavy atom. The molecule has 0 atom stereocenters. The van der Waals surface area contributed by atoms with Crippen LogP contribution in [0.5, 0.6) is 0 Å². The number of nitrogens with one attached hydrogen (secondary N) is 1. The van der Waals surface area contributed by atoms with Crippen LogP contribution in [0, 0.1) is 0 Å². The Bertz CT molecular complexity index is 623. The summed E-state index contributed by atoms with van der Waals surface area (Å²) in [6, 6.07) is 10.5. The third-order valence-corrected chi connectivity index (χ3v) is 4.84. The third kappa shape index (κ3) is 2.18. The molecule has 0 amide bonds. The number of rotatable bonds is 3. The first kappa shape index (κ1) is 13.4. The van der Waals surface area contributed by atoms with Crippen molar-refractivity contribution in [3.63, 3.8) is 0 Å². The molecule has 0 radical (unpaired) electrons. The molecule has 104 valence electrons. The highest BCUT2D eigenvalue weighted by Crippen LogP contribution is 2.36. The molecule has 0 saturated heterocycles. The molecule has 0 saturated carbocycles. The van der Waals surface area contributed by atoms with E-state index in [0.717, 1.165) is 23.1 Å². The van der Waals surface area contributed by atoms with Gasteiger partial charge in [0.25, 0.3) is 0 Å². The molecule has 0 aliphatic carbocycles. The molecule has 3 nitrogen and oxygen atoms in total. The number of fused-ring (bicyclic) bond motifs is 1. The van der Waals surface area contributed by atoms with Crippen molar-refractivity contribution in [3.8, 4) is 0 Å². The van der Waals surface area contributed by atoms with Crippen molar-refractivity contribution in [2.75, 3.05) is 12.4 Å². The van der Waals surface area contributed by atoms with Crippen LogP contribution >= 0.6 is 11.8 Å². The van der Waals surface area contributed by atoms with Crippen molar-refractivity contribution in [3.05, 3.63) is 53.0 Å². The van der Waals surface area contributed by atoms with Crippen LogP contribution in [0.3, 0.4) is 0 Å². The van der Waals surface area contributed by atoms with Crippen molar-refractivity contribution in [1.82, 2.24) is 9.97 Å². The fourth-order valence-corrected chi connectivity index (χ4v) is 3.56. The monoisotopic (exact) mass is 285 g/mol. The van der Waals surface area contributed by atoms with Gasteiger partial charge in [-0.2, -0.15) is 11.8 Å². The van der Waals surface area contributed by atoms with Crippen molar-refractivity contribution >= 4 is 17.6 Å². The highest BCUT2D eigenvalue weighted by Gasteiger charge is 2.29. The van der Waals surface area contributed by atoms with Gasteiger partial charge in [-0.15, -0.1) is 0 Å². The van der Waals surface area contributed by atoms with E-state index in [1.54, 1.807) is 0 Å². The van der Waals surface area contributed by atoms with E-state index in [1.807, 2.05) is 24.9 Å². The summed E-state index contributed by atoms with van der Waals surface area (Å²) in [5.74, 6) is 3.88. The van der Waals surface area contributed by atoms with Crippen LogP contribution in [0.1, 0.15) is 36.5 Å². The Labute approximate surface area is 124 Å². The van der Waals surface area contributed by atoms with E-state index in [9.17, 15) is 0 Å². The van der Waals surface area contributed by atoms with Crippen molar-refractivity contribution in [2.45, 2.75) is 30.8 Å². The first-order chi connectivity index (χ1) is 9.63. The number of nitrogens with zero attached hydrogens (tertiary/aromatic N) is 2. The van der Waals surface area contributed by atoms with Gasteiger partial charge in [0.15, 0.2) is 0 Å². The van der Waals surface area contributed by atoms with Crippen LogP contribution in [0.15, 0.2) is 30.3 Å². The summed E-state index contributed by atoms with van der Waals surface area (Å²) in [5, 5.41) is 3.23. The second kappa shape index (κ2) is 5.09. The van der Waals surface area contributed by atoms with Gasteiger partial charge in [0.05, 0.1) is 5.69 Å². The van der Waals surface area contributed by atoms with E-state index >= 15 is 0 Å². The van der Waals surface area contributed by atoms with Gasteiger partial charge in [-0.3, -0.25) is 0 Å². The SMILES string of the molecule is CNc1nc(C(C)(C)c2ccccc2)nc2c1CSC2. The molecule has 3 rings (SSSR count). The molecule has 1 aromatic heterocycles. The van der Waals surface area contributed by atoms with E-state index in [2.05, 4.69) is 43.4 Å². The van der Waals surface area contributed by atoms with Gasteiger partial charge in [0.2, 0.25) is 0 Å². The number of thioether (sulfide) groups is 1. The fourth-order valence-electron chi connectivity index (χ4n) is 2.52. The molecule has 0 unspecified atom stereocenters. The Morgan fingerprint density at radius 2 is 1.85 bits per heavy atom. The standard InChI is InChI=1S/C16H19N3S/c1-16(2,11-7-5-4-6-8-11)15-18-13-10-20-9-12(13)14(17-3)19-15/h4-8H,9-10H2,1-3H3,(H,17,18,19). The summed E-state index contributed by atoms with van der Waals surface area (Å²) >= 11 is 1.91. The summed E-state index contributed by atoms with van der Waals surface area (Å²) in [7, 11) is 1.94. The highest BCUT2D eigenvalue weighted by molar-refractivity contribution is 7.98. The molecular formula is C16H19N3S. The average Bonchev–Trinajstić information content (AvgIpc) is 2.95. The maximum Gasteiger partial charge on any atom is 0.141 e. The molecule has 0 fully saturated rings. The molecule has 2 aromatic rings. The first-order valence-corrected chi connectivity index (χ1v) is 7.99. The van der Waals surface area contributed by atoms with Gasteiger partial charge < -0.3 is 5.32 Å². The predicted octanol–water partition coefficient (Wildman–Crippen LogP) is 3.59. The summed E-state index contributed by atoms with van der Waals surface area (Å²) in [6.45, 7) is 4.37. The molecule has 0 bridgehead atoms. The lowest BCUT2D eigenvalue weighted by molar-refractivity contribution is 0.587. The predicted molar refractivity (Wildman–Crippen MR) is 85.1 cm³/mol. The minimum absolute atomic E-state index is 0.185. The topological polar surface area (TPSA) is 37.8 Å². The van der Waals surface area contributed by atoms with Crippen LogP contribution in [0.4, 0.5) is 5.82 Å². The van der Waals surface area contributed by atoms with Gasteiger partial charge in [-0.1, -0.05) is 30.3 Å². The molecule has 0 spiro atoms. The van der Waals surface area contributed by atoms with Crippen LogP contribution in [0.2, 0.25) is 0 Å². The van der Waals surface area contributed by atoms with Crippen molar-refractivity contribution in [1.29, 1.82) is 0 Å². The molecule has 4 heteroatoms. The Hall–Kier alpha value is -1.55. The van der Waals surface area contributed by atoms with Crippen LogP contribution in [-0.4, -0.2) is 17.0 Å². The molecular weight excluding hydrogens is 266 g/mol. The van der Waals surface area contributed by atoms with E-state index in [-0.39, 0.29) is 5.41 Å². The van der Waals surface area contributed by atoms with Crippen molar-refractivity contribution in [2.24, 2.45) is 0 Å². The maximum absolute atomic E-state index is 4.84. The largest absolute Gasteiger partial charge is 0.373 e. The van der Waals surface area contributed by atoms with E-state index < -0.39 is 0 Å². The maximum atomic E-state index is 4.84. The van der Waals surface area contributed by atoms with Crippen LogP contribution in [-0.2, 0) is 16.9 Å². The Kier molecular flexibility index (Phi) is 3.42. The minimum Gasteiger partial charge on any atom is -0.373 e. The average molecular weight is 285 g/mol. The lowest BCUT2D eigenvalue weighted by atomic mass is 9.83. The molecule has 1 aliphatic rings. The number of hydrogen-bond acceptors (Lipinski definition) is 4. The minimum atomic E-state index is -0.185. The first-order valence-electron chi connectivity index (χ1n) is 6.84. The lowest BCUT2D eigenvalue weighted by Crippen LogP contribution is -2.24. The zero-order valence-electron chi connectivity index (χ0n) is 12.1.